The third kappa shape index (κ3) is 4.08. The van der Waals surface area contributed by atoms with Crippen molar-refractivity contribution in [3.05, 3.63) is 59.5 Å². The van der Waals surface area contributed by atoms with Crippen molar-refractivity contribution in [2.75, 3.05) is 17.7 Å². The fourth-order valence-corrected chi connectivity index (χ4v) is 2.21. The van der Waals surface area contributed by atoms with Crippen LogP contribution in [0.5, 0.6) is 5.75 Å². The van der Waals surface area contributed by atoms with E-state index in [4.69, 9.17) is 16.3 Å². The first kappa shape index (κ1) is 15.9. The van der Waals surface area contributed by atoms with Crippen LogP contribution in [0, 0.1) is 0 Å². The molecule has 3 rings (SSSR count). The fraction of sp³-hybridized carbons (Fsp3) is 0.125. The van der Waals surface area contributed by atoms with Gasteiger partial charge in [-0.15, -0.1) is 5.10 Å². The maximum absolute atomic E-state index is 6.03. The number of nitrogens with zero attached hydrogens (tertiary/aromatic N) is 4. The van der Waals surface area contributed by atoms with E-state index in [1.54, 1.807) is 37.7 Å². The van der Waals surface area contributed by atoms with E-state index in [-0.39, 0.29) is 0 Å². The summed E-state index contributed by atoms with van der Waals surface area (Å²) in [5.74, 6) is 1.59. The van der Waals surface area contributed by atoms with Gasteiger partial charge in [-0.3, -0.25) is 4.98 Å². The molecule has 3 aromatic rings. The van der Waals surface area contributed by atoms with E-state index in [2.05, 4.69) is 30.8 Å². The predicted octanol–water partition coefficient (Wildman–Crippen LogP) is 3.28. The number of methoxy groups -OCH3 is 1. The van der Waals surface area contributed by atoms with Gasteiger partial charge < -0.3 is 15.4 Å². The third-order valence-corrected chi connectivity index (χ3v) is 3.39. The Morgan fingerprint density at radius 1 is 1.21 bits per heavy atom. The lowest BCUT2D eigenvalue weighted by atomic mass is 10.3. The molecule has 122 valence electrons. The van der Waals surface area contributed by atoms with Crippen molar-refractivity contribution in [3.63, 3.8) is 0 Å². The molecule has 0 aliphatic heterocycles. The summed E-state index contributed by atoms with van der Waals surface area (Å²) >= 11 is 6.03. The Balaban J connectivity index is 1.72. The second-order valence-corrected chi connectivity index (χ2v) is 5.29. The van der Waals surface area contributed by atoms with Gasteiger partial charge in [-0.1, -0.05) is 17.7 Å². The number of rotatable bonds is 6. The molecule has 2 aromatic heterocycles. The Morgan fingerprint density at radius 3 is 2.92 bits per heavy atom. The Kier molecular flexibility index (Phi) is 5.02. The van der Waals surface area contributed by atoms with Crippen LogP contribution in [0.2, 0.25) is 5.02 Å². The van der Waals surface area contributed by atoms with Gasteiger partial charge in [0, 0.05) is 24.0 Å². The number of hydrogen-bond donors (Lipinski definition) is 2. The zero-order valence-corrected chi connectivity index (χ0v) is 13.7. The quantitative estimate of drug-likeness (QED) is 0.711. The highest BCUT2D eigenvalue weighted by Crippen LogP contribution is 2.29. The average molecular weight is 343 g/mol. The molecule has 0 radical (unpaired) electrons. The predicted molar refractivity (Wildman–Crippen MR) is 92.7 cm³/mol. The topological polar surface area (TPSA) is 84.9 Å². The molecule has 1 aromatic carbocycles. The molecule has 0 fully saturated rings. The molecular formula is C16H15ClN6O. The normalized spacial score (nSPS) is 10.2. The van der Waals surface area contributed by atoms with Crippen LogP contribution in [0.1, 0.15) is 5.56 Å². The van der Waals surface area contributed by atoms with E-state index in [1.165, 1.54) is 6.20 Å². The Morgan fingerprint density at radius 2 is 2.12 bits per heavy atom. The minimum Gasteiger partial charge on any atom is -0.495 e. The average Bonchev–Trinajstić information content (AvgIpc) is 2.61. The van der Waals surface area contributed by atoms with Crippen LogP contribution in [0.15, 0.2) is 48.9 Å². The highest BCUT2D eigenvalue weighted by atomic mass is 35.5. The lowest BCUT2D eigenvalue weighted by Crippen LogP contribution is -2.06. The molecule has 0 bridgehead atoms. The molecule has 24 heavy (non-hydrogen) atoms. The Bertz CT molecular complexity index is 815. The van der Waals surface area contributed by atoms with Crippen LogP contribution in [0.4, 0.5) is 17.5 Å². The van der Waals surface area contributed by atoms with Crippen molar-refractivity contribution in [2.24, 2.45) is 0 Å². The number of nitrogens with one attached hydrogen (secondary N) is 2. The molecule has 0 amide bonds. The van der Waals surface area contributed by atoms with Crippen LogP contribution in [-0.4, -0.2) is 27.3 Å². The molecule has 0 aliphatic rings. The molecule has 2 heterocycles. The second kappa shape index (κ2) is 7.56. The van der Waals surface area contributed by atoms with Gasteiger partial charge >= 0.3 is 0 Å². The Labute approximate surface area is 144 Å². The minimum absolute atomic E-state index is 0.407. The van der Waals surface area contributed by atoms with Gasteiger partial charge in [0.1, 0.15) is 5.75 Å². The number of ether oxygens (including phenoxy) is 1. The van der Waals surface area contributed by atoms with Gasteiger partial charge in [-0.2, -0.15) is 10.1 Å². The monoisotopic (exact) mass is 342 g/mol. The summed E-state index contributed by atoms with van der Waals surface area (Å²) < 4.78 is 5.30. The van der Waals surface area contributed by atoms with Gasteiger partial charge in [-0.05, 0) is 29.8 Å². The number of benzene rings is 1. The molecular weight excluding hydrogens is 328 g/mol. The van der Waals surface area contributed by atoms with Crippen LogP contribution in [-0.2, 0) is 6.54 Å². The van der Waals surface area contributed by atoms with Gasteiger partial charge in [0.25, 0.3) is 0 Å². The van der Waals surface area contributed by atoms with E-state index in [0.29, 0.717) is 34.8 Å². The van der Waals surface area contributed by atoms with Crippen LogP contribution < -0.4 is 15.4 Å². The molecule has 7 nitrogen and oxygen atoms in total. The van der Waals surface area contributed by atoms with Crippen molar-refractivity contribution in [2.45, 2.75) is 6.54 Å². The molecule has 0 saturated heterocycles. The van der Waals surface area contributed by atoms with Crippen molar-refractivity contribution in [1.82, 2.24) is 20.2 Å². The number of hydrogen-bond acceptors (Lipinski definition) is 7. The smallest absolute Gasteiger partial charge is 0.244 e. The summed E-state index contributed by atoms with van der Waals surface area (Å²) in [6.07, 6.45) is 5.03. The molecule has 0 atom stereocenters. The van der Waals surface area contributed by atoms with Crippen LogP contribution in [0.3, 0.4) is 0 Å². The van der Waals surface area contributed by atoms with Crippen LogP contribution >= 0.6 is 11.6 Å². The van der Waals surface area contributed by atoms with Gasteiger partial charge in [0.2, 0.25) is 5.95 Å². The standard InChI is InChI=1S/C16H15ClN6O/c1-24-14-5-4-12(17)7-13(14)21-15-10-20-23-16(22-15)19-9-11-3-2-6-18-8-11/h2-8,10H,9H2,1H3,(H2,19,21,22,23). The Hall–Kier alpha value is -2.93. The zero-order chi connectivity index (χ0) is 16.8. The maximum atomic E-state index is 6.03. The van der Waals surface area contributed by atoms with Gasteiger partial charge in [0.05, 0.1) is 19.0 Å². The van der Waals surface area contributed by atoms with Crippen molar-refractivity contribution < 1.29 is 4.74 Å². The summed E-state index contributed by atoms with van der Waals surface area (Å²) in [5.41, 5.74) is 1.72. The summed E-state index contributed by atoms with van der Waals surface area (Å²) in [4.78, 5) is 8.44. The first-order valence-electron chi connectivity index (χ1n) is 7.17. The van der Waals surface area contributed by atoms with E-state index in [9.17, 15) is 0 Å². The van der Waals surface area contributed by atoms with Gasteiger partial charge in [-0.25, -0.2) is 0 Å². The van der Waals surface area contributed by atoms with Crippen molar-refractivity contribution in [3.8, 4) is 5.75 Å². The number of aromatic nitrogens is 4. The highest BCUT2D eigenvalue weighted by Gasteiger charge is 2.07. The number of halogens is 1. The second-order valence-electron chi connectivity index (χ2n) is 4.85. The first-order valence-corrected chi connectivity index (χ1v) is 7.55. The lowest BCUT2D eigenvalue weighted by molar-refractivity contribution is 0.417. The molecule has 0 saturated carbocycles. The molecule has 0 unspecified atom stereocenters. The number of anilines is 3. The SMILES string of the molecule is COc1ccc(Cl)cc1Nc1cnnc(NCc2cccnc2)n1. The summed E-state index contributed by atoms with van der Waals surface area (Å²) in [5, 5.41) is 14.7. The summed E-state index contributed by atoms with van der Waals surface area (Å²) in [6, 6.07) is 9.13. The molecule has 2 N–H and O–H groups in total. The largest absolute Gasteiger partial charge is 0.495 e. The van der Waals surface area contributed by atoms with E-state index >= 15 is 0 Å². The molecule has 0 spiro atoms. The highest BCUT2D eigenvalue weighted by molar-refractivity contribution is 6.31. The van der Waals surface area contributed by atoms with E-state index in [0.717, 1.165) is 5.56 Å². The molecule has 8 heteroatoms. The van der Waals surface area contributed by atoms with Gasteiger partial charge in [0.15, 0.2) is 5.82 Å². The number of pyridine rings is 1. The summed E-state index contributed by atoms with van der Waals surface area (Å²) in [7, 11) is 1.59. The van der Waals surface area contributed by atoms with E-state index < -0.39 is 0 Å². The van der Waals surface area contributed by atoms with E-state index in [1.807, 2.05) is 12.1 Å². The van der Waals surface area contributed by atoms with Crippen LogP contribution in [0.25, 0.3) is 0 Å². The minimum atomic E-state index is 0.407. The van der Waals surface area contributed by atoms with Crippen molar-refractivity contribution >= 4 is 29.1 Å². The third-order valence-electron chi connectivity index (χ3n) is 3.16. The fourth-order valence-electron chi connectivity index (χ4n) is 2.04. The summed E-state index contributed by atoms with van der Waals surface area (Å²) in [6.45, 7) is 0.555. The molecule has 0 aliphatic carbocycles. The van der Waals surface area contributed by atoms with Crippen molar-refractivity contribution in [1.29, 1.82) is 0 Å². The maximum Gasteiger partial charge on any atom is 0.244 e. The first-order chi connectivity index (χ1) is 11.7. The zero-order valence-electron chi connectivity index (χ0n) is 12.9. The lowest BCUT2D eigenvalue weighted by Gasteiger charge is -2.11.